The third-order valence-electron chi connectivity index (χ3n) is 3.73. The first-order valence-corrected chi connectivity index (χ1v) is 8.21. The van der Waals surface area contributed by atoms with Crippen LogP contribution in [0.15, 0.2) is 22.7 Å². The van der Waals surface area contributed by atoms with E-state index in [2.05, 4.69) is 41.2 Å². The molecule has 1 aliphatic rings. The average Bonchev–Trinajstić information content (AvgIpc) is 2.44. The average molecular weight is 358 g/mol. The maximum atomic E-state index is 6.13. The summed E-state index contributed by atoms with van der Waals surface area (Å²) >= 11 is 3.47. The lowest BCUT2D eigenvalue weighted by atomic mass is 9.85. The van der Waals surface area contributed by atoms with Gasteiger partial charge in [0.2, 0.25) is 0 Å². The standard InChI is InChI=1S/C16H24BrNO3/c1-4-18-13-10-15(16(13)20-8-7-19-3)21-14-6-5-12(17)9-11(14)2/h5-6,9,13,15-16,18H,4,7-8,10H2,1-3H3. The van der Waals surface area contributed by atoms with Gasteiger partial charge in [-0.3, -0.25) is 0 Å². The Morgan fingerprint density at radius 2 is 2.14 bits per heavy atom. The van der Waals surface area contributed by atoms with Gasteiger partial charge in [0.05, 0.1) is 13.2 Å². The highest BCUT2D eigenvalue weighted by Gasteiger charge is 2.43. The van der Waals surface area contributed by atoms with E-state index in [4.69, 9.17) is 14.2 Å². The Balaban J connectivity index is 1.94. The third-order valence-corrected chi connectivity index (χ3v) is 4.22. The fourth-order valence-electron chi connectivity index (χ4n) is 2.56. The Morgan fingerprint density at radius 1 is 1.33 bits per heavy atom. The van der Waals surface area contributed by atoms with E-state index in [0.29, 0.717) is 19.3 Å². The summed E-state index contributed by atoms with van der Waals surface area (Å²) in [4.78, 5) is 0. The normalized spacial score (nSPS) is 24.7. The molecule has 0 radical (unpaired) electrons. The Bertz CT molecular complexity index is 455. The van der Waals surface area contributed by atoms with Crippen molar-refractivity contribution in [3.05, 3.63) is 28.2 Å². The van der Waals surface area contributed by atoms with Crippen LogP contribution in [0.2, 0.25) is 0 Å². The number of hydrogen-bond acceptors (Lipinski definition) is 4. The zero-order valence-corrected chi connectivity index (χ0v) is 14.5. The second-order valence-corrected chi connectivity index (χ2v) is 6.21. The predicted octanol–water partition coefficient (Wildman–Crippen LogP) is 2.92. The van der Waals surface area contributed by atoms with Gasteiger partial charge in [0.15, 0.2) is 0 Å². The van der Waals surface area contributed by atoms with Crippen LogP contribution in [-0.2, 0) is 9.47 Å². The highest BCUT2D eigenvalue weighted by atomic mass is 79.9. The molecule has 1 N–H and O–H groups in total. The summed E-state index contributed by atoms with van der Waals surface area (Å²) in [5.74, 6) is 0.929. The molecule has 5 heteroatoms. The summed E-state index contributed by atoms with van der Waals surface area (Å²) in [6.07, 6.45) is 1.16. The maximum Gasteiger partial charge on any atom is 0.128 e. The summed E-state index contributed by atoms with van der Waals surface area (Å²) in [6.45, 7) is 6.32. The fourth-order valence-corrected chi connectivity index (χ4v) is 3.03. The smallest absolute Gasteiger partial charge is 0.128 e. The molecule has 0 aromatic heterocycles. The summed E-state index contributed by atoms with van der Waals surface area (Å²) in [7, 11) is 1.69. The Labute approximate surface area is 135 Å². The lowest BCUT2D eigenvalue weighted by Crippen LogP contribution is -2.61. The molecule has 1 saturated carbocycles. The van der Waals surface area contributed by atoms with Crippen LogP contribution in [0, 0.1) is 6.92 Å². The van der Waals surface area contributed by atoms with Gasteiger partial charge in [-0.05, 0) is 37.2 Å². The first-order valence-electron chi connectivity index (χ1n) is 7.42. The van der Waals surface area contributed by atoms with Crippen molar-refractivity contribution in [1.82, 2.24) is 5.32 Å². The van der Waals surface area contributed by atoms with E-state index < -0.39 is 0 Å². The molecule has 0 spiro atoms. The number of methoxy groups -OCH3 is 1. The van der Waals surface area contributed by atoms with Crippen molar-refractivity contribution in [2.24, 2.45) is 0 Å². The monoisotopic (exact) mass is 357 g/mol. The molecular formula is C16H24BrNO3. The molecule has 4 nitrogen and oxygen atoms in total. The number of aryl methyl sites for hydroxylation is 1. The molecule has 1 aromatic carbocycles. The number of benzene rings is 1. The van der Waals surface area contributed by atoms with Crippen molar-refractivity contribution in [2.75, 3.05) is 26.9 Å². The van der Waals surface area contributed by atoms with E-state index in [1.807, 2.05) is 12.1 Å². The highest BCUT2D eigenvalue weighted by Crippen LogP contribution is 2.31. The molecule has 2 rings (SSSR count). The van der Waals surface area contributed by atoms with E-state index in [1.54, 1.807) is 7.11 Å². The van der Waals surface area contributed by atoms with E-state index in [1.165, 1.54) is 0 Å². The minimum absolute atomic E-state index is 0.0862. The Morgan fingerprint density at radius 3 is 2.81 bits per heavy atom. The lowest BCUT2D eigenvalue weighted by Gasteiger charge is -2.44. The number of halogens is 1. The van der Waals surface area contributed by atoms with Gasteiger partial charge < -0.3 is 19.5 Å². The van der Waals surface area contributed by atoms with Crippen molar-refractivity contribution in [1.29, 1.82) is 0 Å². The van der Waals surface area contributed by atoms with Crippen molar-refractivity contribution < 1.29 is 14.2 Å². The number of rotatable bonds is 8. The van der Waals surface area contributed by atoms with Gasteiger partial charge in [-0.2, -0.15) is 0 Å². The van der Waals surface area contributed by atoms with E-state index in [9.17, 15) is 0 Å². The molecule has 0 bridgehead atoms. The minimum atomic E-state index is 0.0862. The predicted molar refractivity (Wildman–Crippen MR) is 87.0 cm³/mol. The first-order chi connectivity index (χ1) is 10.2. The van der Waals surface area contributed by atoms with Gasteiger partial charge in [0.1, 0.15) is 18.0 Å². The Hall–Kier alpha value is -0.620. The van der Waals surface area contributed by atoms with Crippen LogP contribution in [-0.4, -0.2) is 45.1 Å². The van der Waals surface area contributed by atoms with E-state index in [0.717, 1.165) is 28.8 Å². The highest BCUT2D eigenvalue weighted by molar-refractivity contribution is 9.10. The second kappa shape index (κ2) is 8.13. The van der Waals surface area contributed by atoms with E-state index in [-0.39, 0.29) is 12.2 Å². The molecular weight excluding hydrogens is 334 g/mol. The van der Waals surface area contributed by atoms with Crippen molar-refractivity contribution in [3.8, 4) is 5.75 Å². The Kier molecular flexibility index (Phi) is 6.48. The van der Waals surface area contributed by atoms with E-state index >= 15 is 0 Å². The van der Waals surface area contributed by atoms with Gasteiger partial charge >= 0.3 is 0 Å². The zero-order valence-electron chi connectivity index (χ0n) is 12.9. The fraction of sp³-hybridized carbons (Fsp3) is 0.625. The lowest BCUT2D eigenvalue weighted by molar-refractivity contribution is -0.115. The van der Waals surface area contributed by atoms with Crippen LogP contribution in [0.3, 0.4) is 0 Å². The molecule has 0 saturated heterocycles. The summed E-state index contributed by atoms with van der Waals surface area (Å²) in [5.41, 5.74) is 1.13. The van der Waals surface area contributed by atoms with Gasteiger partial charge in [-0.1, -0.05) is 22.9 Å². The van der Waals surface area contributed by atoms with Crippen molar-refractivity contribution in [2.45, 2.75) is 38.5 Å². The van der Waals surface area contributed by atoms with Gasteiger partial charge in [-0.15, -0.1) is 0 Å². The third kappa shape index (κ3) is 4.42. The molecule has 0 heterocycles. The number of hydrogen-bond donors (Lipinski definition) is 1. The quantitative estimate of drug-likeness (QED) is 0.726. The van der Waals surface area contributed by atoms with Crippen molar-refractivity contribution in [3.63, 3.8) is 0 Å². The second-order valence-electron chi connectivity index (χ2n) is 5.29. The summed E-state index contributed by atoms with van der Waals surface area (Å²) in [6, 6.07) is 6.44. The van der Waals surface area contributed by atoms with Crippen LogP contribution < -0.4 is 10.1 Å². The molecule has 3 unspecified atom stereocenters. The molecule has 3 atom stereocenters. The van der Waals surface area contributed by atoms with Gasteiger partial charge in [0, 0.05) is 24.0 Å². The number of likely N-dealkylation sites (N-methyl/N-ethyl adjacent to an activating group) is 1. The maximum absolute atomic E-state index is 6.13. The summed E-state index contributed by atoms with van der Waals surface area (Å²) in [5, 5.41) is 3.45. The SMILES string of the molecule is CCNC1CC(Oc2ccc(Br)cc2C)C1OCCOC. The van der Waals surface area contributed by atoms with Crippen molar-refractivity contribution >= 4 is 15.9 Å². The van der Waals surface area contributed by atoms with Crippen LogP contribution in [0.4, 0.5) is 0 Å². The number of nitrogens with one attached hydrogen (secondary N) is 1. The largest absolute Gasteiger partial charge is 0.487 e. The summed E-state index contributed by atoms with van der Waals surface area (Å²) < 4.78 is 18.2. The first kappa shape index (κ1) is 16.7. The zero-order chi connectivity index (χ0) is 15.2. The van der Waals surface area contributed by atoms with Crippen LogP contribution >= 0.6 is 15.9 Å². The molecule has 0 amide bonds. The van der Waals surface area contributed by atoms with Gasteiger partial charge in [-0.25, -0.2) is 0 Å². The molecule has 21 heavy (non-hydrogen) atoms. The minimum Gasteiger partial charge on any atom is -0.487 e. The topological polar surface area (TPSA) is 39.7 Å². The van der Waals surface area contributed by atoms with Gasteiger partial charge in [0.25, 0.3) is 0 Å². The molecule has 0 aliphatic heterocycles. The molecule has 1 fully saturated rings. The van der Waals surface area contributed by atoms with Crippen LogP contribution in [0.1, 0.15) is 18.9 Å². The molecule has 118 valence electrons. The molecule has 1 aliphatic carbocycles. The van der Waals surface area contributed by atoms with Crippen LogP contribution in [0.5, 0.6) is 5.75 Å². The molecule has 1 aromatic rings. The van der Waals surface area contributed by atoms with Crippen LogP contribution in [0.25, 0.3) is 0 Å². The number of ether oxygens (including phenoxy) is 3.